The monoisotopic (exact) mass is 208 g/mol. The molecule has 6 heteroatoms. The molecule has 5 nitrogen and oxygen atoms in total. The Kier molecular flexibility index (Phi) is 3.66. The highest BCUT2D eigenvalue weighted by molar-refractivity contribution is 7.89. The van der Waals surface area contributed by atoms with Crippen molar-refractivity contribution in [2.24, 2.45) is 5.14 Å². The van der Waals surface area contributed by atoms with Gasteiger partial charge in [-0.3, -0.25) is 0 Å². The Morgan fingerprint density at radius 1 is 1.62 bits per heavy atom. The normalized spacial score (nSPS) is 30.3. The maximum atomic E-state index is 11.1. The van der Waals surface area contributed by atoms with E-state index in [0.717, 1.165) is 6.54 Å². The second-order valence-corrected chi connectivity index (χ2v) is 4.90. The molecule has 1 aliphatic heterocycles. The van der Waals surface area contributed by atoms with E-state index in [1.54, 1.807) is 0 Å². The first-order chi connectivity index (χ1) is 6.05. The summed E-state index contributed by atoms with van der Waals surface area (Å²) in [7, 11) is -3.48. The standard InChI is InChI=1S/C7H16N2O3S/c1-2-12-6-3-4-9-5-7(6)13(8,10)11/h6-7,9H,2-5H2,1H3,(H2,8,10,11). The third-order valence-electron chi connectivity index (χ3n) is 2.17. The fourth-order valence-electron chi connectivity index (χ4n) is 1.54. The number of sulfonamides is 1. The third-order valence-corrected chi connectivity index (χ3v) is 3.48. The van der Waals surface area contributed by atoms with Gasteiger partial charge in [0, 0.05) is 13.2 Å². The molecule has 0 spiro atoms. The van der Waals surface area contributed by atoms with E-state index >= 15 is 0 Å². The summed E-state index contributed by atoms with van der Waals surface area (Å²) in [6.07, 6.45) is 0.454. The van der Waals surface area contributed by atoms with Crippen LogP contribution in [0, 0.1) is 0 Å². The zero-order valence-electron chi connectivity index (χ0n) is 7.69. The minimum atomic E-state index is -3.48. The maximum Gasteiger partial charge on any atom is 0.215 e. The van der Waals surface area contributed by atoms with Gasteiger partial charge in [0.25, 0.3) is 0 Å². The lowest BCUT2D eigenvalue weighted by Crippen LogP contribution is -2.51. The van der Waals surface area contributed by atoms with Gasteiger partial charge in [0.05, 0.1) is 6.10 Å². The number of nitrogens with one attached hydrogen (secondary N) is 1. The van der Waals surface area contributed by atoms with E-state index in [4.69, 9.17) is 9.88 Å². The molecule has 0 bridgehead atoms. The molecule has 0 aromatic rings. The maximum absolute atomic E-state index is 11.1. The average Bonchev–Trinajstić information content (AvgIpc) is 2.04. The summed E-state index contributed by atoms with van der Waals surface area (Å²) in [5.74, 6) is 0. The van der Waals surface area contributed by atoms with Crippen LogP contribution in [0.5, 0.6) is 0 Å². The van der Waals surface area contributed by atoms with Gasteiger partial charge in [-0.1, -0.05) is 0 Å². The second-order valence-electron chi connectivity index (χ2n) is 3.11. The van der Waals surface area contributed by atoms with Gasteiger partial charge in [0.15, 0.2) is 0 Å². The summed E-state index contributed by atoms with van der Waals surface area (Å²) in [5, 5.41) is 7.48. The number of ether oxygens (including phenoxy) is 1. The topological polar surface area (TPSA) is 81.4 Å². The van der Waals surface area contributed by atoms with E-state index in [1.165, 1.54) is 0 Å². The van der Waals surface area contributed by atoms with Crippen molar-refractivity contribution in [1.29, 1.82) is 0 Å². The van der Waals surface area contributed by atoms with Crippen LogP contribution in [0.25, 0.3) is 0 Å². The van der Waals surface area contributed by atoms with Crippen LogP contribution in [-0.4, -0.2) is 39.5 Å². The second kappa shape index (κ2) is 4.36. The Bertz CT molecular complexity index is 250. The van der Waals surface area contributed by atoms with Crippen LogP contribution < -0.4 is 10.5 Å². The predicted molar refractivity (Wildman–Crippen MR) is 49.8 cm³/mol. The molecule has 0 aromatic heterocycles. The lowest BCUT2D eigenvalue weighted by atomic mass is 10.1. The van der Waals surface area contributed by atoms with E-state index in [1.807, 2.05) is 6.92 Å². The number of piperidine rings is 1. The van der Waals surface area contributed by atoms with Crippen molar-refractivity contribution >= 4 is 10.0 Å². The van der Waals surface area contributed by atoms with Crippen LogP contribution in [0.2, 0.25) is 0 Å². The van der Waals surface area contributed by atoms with E-state index in [9.17, 15) is 8.42 Å². The Morgan fingerprint density at radius 2 is 2.31 bits per heavy atom. The molecule has 1 heterocycles. The van der Waals surface area contributed by atoms with Gasteiger partial charge in [-0.15, -0.1) is 0 Å². The third kappa shape index (κ3) is 2.91. The Labute approximate surface area is 78.7 Å². The molecule has 0 radical (unpaired) electrons. The smallest absolute Gasteiger partial charge is 0.215 e. The molecule has 1 rings (SSSR count). The Hall–Kier alpha value is -0.170. The number of hydrogen-bond donors (Lipinski definition) is 2. The molecule has 1 fully saturated rings. The van der Waals surface area contributed by atoms with E-state index < -0.39 is 15.3 Å². The Morgan fingerprint density at radius 3 is 2.85 bits per heavy atom. The number of rotatable bonds is 3. The van der Waals surface area contributed by atoms with Crippen molar-refractivity contribution in [3.8, 4) is 0 Å². The quantitative estimate of drug-likeness (QED) is 0.626. The van der Waals surface area contributed by atoms with Gasteiger partial charge in [0.2, 0.25) is 10.0 Å². The van der Waals surface area contributed by atoms with Crippen LogP contribution in [0.15, 0.2) is 0 Å². The molecular formula is C7H16N2O3S. The van der Waals surface area contributed by atoms with Gasteiger partial charge in [-0.05, 0) is 19.9 Å². The molecule has 2 atom stereocenters. The van der Waals surface area contributed by atoms with E-state index in [2.05, 4.69) is 5.32 Å². The molecule has 0 aromatic carbocycles. The first-order valence-electron chi connectivity index (χ1n) is 4.39. The van der Waals surface area contributed by atoms with Crippen molar-refractivity contribution in [3.63, 3.8) is 0 Å². The Balaban J connectivity index is 2.67. The van der Waals surface area contributed by atoms with Gasteiger partial charge in [-0.2, -0.15) is 0 Å². The zero-order chi connectivity index (χ0) is 9.90. The summed E-state index contributed by atoms with van der Waals surface area (Å²) < 4.78 is 27.6. The first-order valence-corrected chi connectivity index (χ1v) is 6.00. The van der Waals surface area contributed by atoms with E-state index in [0.29, 0.717) is 19.6 Å². The van der Waals surface area contributed by atoms with Crippen LogP contribution in [0.1, 0.15) is 13.3 Å². The summed E-state index contributed by atoms with van der Waals surface area (Å²) in [6, 6.07) is 0. The minimum Gasteiger partial charge on any atom is -0.377 e. The van der Waals surface area contributed by atoms with Gasteiger partial charge >= 0.3 is 0 Å². The summed E-state index contributed by atoms with van der Waals surface area (Å²) in [4.78, 5) is 0. The van der Waals surface area contributed by atoms with Crippen LogP contribution in [0.3, 0.4) is 0 Å². The molecular weight excluding hydrogens is 192 g/mol. The molecule has 0 saturated carbocycles. The zero-order valence-corrected chi connectivity index (χ0v) is 8.51. The molecule has 78 valence electrons. The molecule has 0 amide bonds. The highest BCUT2D eigenvalue weighted by atomic mass is 32.2. The van der Waals surface area contributed by atoms with Crippen molar-refractivity contribution in [3.05, 3.63) is 0 Å². The molecule has 1 saturated heterocycles. The number of primary sulfonamides is 1. The van der Waals surface area contributed by atoms with Gasteiger partial charge < -0.3 is 10.1 Å². The average molecular weight is 208 g/mol. The van der Waals surface area contributed by atoms with Gasteiger partial charge in [0.1, 0.15) is 5.25 Å². The lowest BCUT2D eigenvalue weighted by Gasteiger charge is -2.29. The van der Waals surface area contributed by atoms with E-state index in [-0.39, 0.29) is 6.10 Å². The largest absolute Gasteiger partial charge is 0.377 e. The number of hydrogen-bond acceptors (Lipinski definition) is 4. The van der Waals surface area contributed by atoms with Crippen LogP contribution in [-0.2, 0) is 14.8 Å². The highest BCUT2D eigenvalue weighted by Crippen LogP contribution is 2.13. The van der Waals surface area contributed by atoms with Crippen molar-refractivity contribution < 1.29 is 13.2 Å². The number of nitrogens with two attached hydrogens (primary N) is 1. The van der Waals surface area contributed by atoms with Crippen molar-refractivity contribution in [2.45, 2.75) is 24.7 Å². The fourth-order valence-corrected chi connectivity index (χ4v) is 2.53. The molecule has 13 heavy (non-hydrogen) atoms. The summed E-state index contributed by atoms with van der Waals surface area (Å²) >= 11 is 0. The van der Waals surface area contributed by atoms with Crippen molar-refractivity contribution in [1.82, 2.24) is 5.32 Å². The first kappa shape index (κ1) is 10.9. The highest BCUT2D eigenvalue weighted by Gasteiger charge is 2.33. The van der Waals surface area contributed by atoms with Crippen LogP contribution in [0.4, 0.5) is 0 Å². The molecule has 0 aliphatic carbocycles. The summed E-state index contributed by atoms with van der Waals surface area (Å²) in [6.45, 7) is 3.55. The molecule has 3 N–H and O–H groups in total. The predicted octanol–water partition coefficient (Wildman–Crippen LogP) is -0.958. The molecule has 2 unspecified atom stereocenters. The minimum absolute atomic E-state index is 0.249. The SMILES string of the molecule is CCOC1CCNCC1S(N)(=O)=O. The van der Waals surface area contributed by atoms with Gasteiger partial charge in [-0.25, -0.2) is 13.6 Å². The van der Waals surface area contributed by atoms with Crippen molar-refractivity contribution in [2.75, 3.05) is 19.7 Å². The van der Waals surface area contributed by atoms with Crippen LogP contribution >= 0.6 is 0 Å². The summed E-state index contributed by atoms with van der Waals surface area (Å²) in [5.41, 5.74) is 0. The molecule has 1 aliphatic rings. The lowest BCUT2D eigenvalue weighted by molar-refractivity contribution is 0.0441. The fraction of sp³-hybridized carbons (Fsp3) is 1.00.